The second kappa shape index (κ2) is 4.67. The van der Waals surface area contributed by atoms with Crippen LogP contribution in [0.3, 0.4) is 0 Å². The highest BCUT2D eigenvalue weighted by Crippen LogP contribution is 2.25. The van der Waals surface area contributed by atoms with Crippen molar-refractivity contribution in [2.24, 2.45) is 0 Å². The van der Waals surface area contributed by atoms with Crippen LogP contribution in [-0.4, -0.2) is 15.3 Å². The van der Waals surface area contributed by atoms with Crippen molar-refractivity contribution >= 4 is 12.2 Å². The van der Waals surface area contributed by atoms with Crippen LogP contribution in [0.15, 0.2) is 39.5 Å². The van der Waals surface area contributed by atoms with Crippen molar-refractivity contribution in [3.8, 4) is 17.2 Å². The van der Waals surface area contributed by atoms with Crippen LogP contribution in [-0.2, 0) is 0 Å². The van der Waals surface area contributed by atoms with Crippen LogP contribution in [0.5, 0.6) is 17.2 Å². The Kier molecular flexibility index (Phi) is 3.05. The van der Waals surface area contributed by atoms with E-state index in [9.17, 15) is 15.0 Å². The number of phenolic OH excluding ortho intramolecular Hbond substituents is 2. The van der Waals surface area contributed by atoms with Crippen LogP contribution in [0.2, 0.25) is 0 Å². The molecule has 1 aromatic carbocycles. The molecule has 92 valence electrons. The minimum Gasteiger partial charge on any atom is -0.508 e. The molecule has 0 spiro atoms. The van der Waals surface area contributed by atoms with Gasteiger partial charge in [-0.3, -0.25) is 0 Å². The third kappa shape index (κ3) is 2.70. The molecule has 0 amide bonds. The van der Waals surface area contributed by atoms with E-state index in [4.69, 9.17) is 9.52 Å². The molecule has 5 nitrogen and oxygen atoms in total. The predicted octanol–water partition coefficient (Wildman–Crippen LogP) is 1.93. The van der Waals surface area contributed by atoms with Crippen molar-refractivity contribution in [2.75, 3.05) is 0 Å². The fraction of sp³-hybridized carbons (Fsp3) is 0. The first-order chi connectivity index (χ1) is 8.54. The molecule has 18 heavy (non-hydrogen) atoms. The monoisotopic (exact) mass is 246 g/mol. The Morgan fingerprint density at radius 2 is 1.72 bits per heavy atom. The number of benzene rings is 1. The number of rotatable bonds is 2. The zero-order valence-corrected chi connectivity index (χ0v) is 9.20. The van der Waals surface area contributed by atoms with Gasteiger partial charge in [-0.15, -0.1) is 0 Å². The highest BCUT2D eigenvalue weighted by molar-refractivity contribution is 5.69. The molecule has 2 rings (SSSR count). The lowest BCUT2D eigenvalue weighted by Gasteiger charge is -1.98. The fourth-order valence-corrected chi connectivity index (χ4v) is 1.39. The summed E-state index contributed by atoms with van der Waals surface area (Å²) >= 11 is 0. The van der Waals surface area contributed by atoms with Gasteiger partial charge in [0.25, 0.3) is 0 Å². The zero-order chi connectivity index (χ0) is 13.1. The van der Waals surface area contributed by atoms with Gasteiger partial charge in [0.15, 0.2) is 11.5 Å². The Labute approximate surface area is 102 Å². The van der Waals surface area contributed by atoms with Gasteiger partial charge in [-0.05, 0) is 23.8 Å². The zero-order valence-electron chi connectivity index (χ0n) is 9.20. The SMILES string of the molecule is O=c1cc(O)cc(C=Cc2ccc(O)c(O)c2)o1. The summed E-state index contributed by atoms with van der Waals surface area (Å²) in [5, 5.41) is 27.6. The van der Waals surface area contributed by atoms with E-state index >= 15 is 0 Å². The minimum atomic E-state index is -0.650. The van der Waals surface area contributed by atoms with Gasteiger partial charge in [0.1, 0.15) is 11.5 Å². The molecule has 0 saturated heterocycles. The Morgan fingerprint density at radius 1 is 0.944 bits per heavy atom. The standard InChI is InChI=1S/C13H10O5/c14-9-6-10(18-13(17)7-9)3-1-8-2-4-11(15)12(16)5-8/h1-7,14-16H. The van der Waals surface area contributed by atoms with Crippen molar-refractivity contribution in [1.29, 1.82) is 0 Å². The molecule has 0 bridgehead atoms. The van der Waals surface area contributed by atoms with E-state index in [0.29, 0.717) is 5.56 Å². The molecule has 0 radical (unpaired) electrons. The first-order valence-corrected chi connectivity index (χ1v) is 5.09. The normalized spacial score (nSPS) is 10.9. The molecular weight excluding hydrogens is 236 g/mol. The maximum absolute atomic E-state index is 11.0. The van der Waals surface area contributed by atoms with Gasteiger partial charge in [0.2, 0.25) is 0 Å². The van der Waals surface area contributed by atoms with E-state index in [-0.39, 0.29) is 23.0 Å². The van der Waals surface area contributed by atoms with E-state index in [1.807, 2.05) is 0 Å². The van der Waals surface area contributed by atoms with Gasteiger partial charge in [-0.1, -0.05) is 12.1 Å². The fourth-order valence-electron chi connectivity index (χ4n) is 1.39. The smallest absolute Gasteiger partial charge is 0.339 e. The molecular formula is C13H10O5. The Balaban J connectivity index is 2.29. The Hall–Kier alpha value is -2.69. The quantitative estimate of drug-likeness (QED) is 0.704. The lowest BCUT2D eigenvalue weighted by Crippen LogP contribution is -1.95. The molecule has 3 N–H and O–H groups in total. The Morgan fingerprint density at radius 3 is 2.39 bits per heavy atom. The van der Waals surface area contributed by atoms with Crippen LogP contribution in [0.25, 0.3) is 12.2 Å². The van der Waals surface area contributed by atoms with E-state index in [2.05, 4.69) is 0 Å². The Bertz CT molecular complexity index is 655. The second-order valence-electron chi connectivity index (χ2n) is 3.62. The summed E-state index contributed by atoms with van der Waals surface area (Å²) in [7, 11) is 0. The highest BCUT2D eigenvalue weighted by atomic mass is 16.4. The molecule has 0 atom stereocenters. The molecule has 0 unspecified atom stereocenters. The lowest BCUT2D eigenvalue weighted by molar-refractivity contribution is 0.403. The summed E-state index contributed by atoms with van der Waals surface area (Å²) in [6.07, 6.45) is 3.03. The summed E-state index contributed by atoms with van der Waals surface area (Å²) in [6.45, 7) is 0. The molecule has 0 fully saturated rings. The van der Waals surface area contributed by atoms with Crippen molar-refractivity contribution in [3.63, 3.8) is 0 Å². The number of aromatic hydroxyl groups is 3. The van der Waals surface area contributed by atoms with Crippen LogP contribution in [0.4, 0.5) is 0 Å². The second-order valence-corrected chi connectivity index (χ2v) is 3.62. The molecule has 1 heterocycles. The summed E-state index contributed by atoms with van der Waals surface area (Å²) in [4.78, 5) is 11.0. The lowest BCUT2D eigenvalue weighted by atomic mass is 10.2. The van der Waals surface area contributed by atoms with Crippen LogP contribution in [0.1, 0.15) is 11.3 Å². The number of phenols is 2. The molecule has 0 aliphatic rings. The van der Waals surface area contributed by atoms with E-state index < -0.39 is 5.63 Å². The summed E-state index contributed by atoms with van der Waals surface area (Å²) < 4.78 is 4.82. The summed E-state index contributed by atoms with van der Waals surface area (Å²) in [6, 6.07) is 6.52. The molecule has 2 aromatic rings. The van der Waals surface area contributed by atoms with Crippen molar-refractivity contribution < 1.29 is 19.7 Å². The minimum absolute atomic E-state index is 0.181. The van der Waals surface area contributed by atoms with Crippen LogP contribution < -0.4 is 5.63 Å². The molecule has 5 heteroatoms. The largest absolute Gasteiger partial charge is 0.508 e. The van der Waals surface area contributed by atoms with E-state index in [1.54, 1.807) is 12.1 Å². The van der Waals surface area contributed by atoms with E-state index in [0.717, 1.165) is 6.07 Å². The number of hydrogen-bond donors (Lipinski definition) is 3. The first-order valence-electron chi connectivity index (χ1n) is 5.09. The average molecular weight is 246 g/mol. The highest BCUT2D eigenvalue weighted by Gasteiger charge is 1.99. The predicted molar refractivity (Wildman–Crippen MR) is 65.3 cm³/mol. The molecule has 1 aromatic heterocycles. The van der Waals surface area contributed by atoms with Crippen LogP contribution >= 0.6 is 0 Å². The summed E-state index contributed by atoms with van der Waals surface area (Å²) in [5.41, 5.74) is -0.0421. The van der Waals surface area contributed by atoms with Gasteiger partial charge >= 0.3 is 5.63 Å². The van der Waals surface area contributed by atoms with Gasteiger partial charge < -0.3 is 19.7 Å². The van der Waals surface area contributed by atoms with Crippen molar-refractivity contribution in [2.45, 2.75) is 0 Å². The van der Waals surface area contributed by atoms with Crippen LogP contribution in [0, 0.1) is 0 Å². The van der Waals surface area contributed by atoms with Gasteiger partial charge in [-0.25, -0.2) is 4.79 Å². The van der Waals surface area contributed by atoms with Gasteiger partial charge in [0.05, 0.1) is 6.07 Å². The average Bonchev–Trinajstić information content (AvgIpc) is 2.29. The maximum Gasteiger partial charge on any atom is 0.339 e. The van der Waals surface area contributed by atoms with Crippen molar-refractivity contribution in [3.05, 3.63) is 52.1 Å². The summed E-state index contributed by atoms with van der Waals surface area (Å²) in [5.74, 6) is -0.447. The maximum atomic E-state index is 11.0. The molecule has 0 saturated carbocycles. The first kappa shape index (κ1) is 11.8. The number of hydrogen-bond acceptors (Lipinski definition) is 5. The topological polar surface area (TPSA) is 90.9 Å². The molecule has 0 aliphatic carbocycles. The molecule has 0 aliphatic heterocycles. The van der Waals surface area contributed by atoms with E-state index in [1.165, 1.54) is 24.3 Å². The third-order valence-corrected chi connectivity index (χ3v) is 2.21. The van der Waals surface area contributed by atoms with Crippen molar-refractivity contribution in [1.82, 2.24) is 0 Å². The third-order valence-electron chi connectivity index (χ3n) is 2.21. The van der Waals surface area contributed by atoms with Gasteiger partial charge in [0, 0.05) is 6.07 Å². The van der Waals surface area contributed by atoms with Gasteiger partial charge in [-0.2, -0.15) is 0 Å².